The first kappa shape index (κ1) is 26.3. The maximum Gasteiger partial charge on any atom is 0.345 e. The zero-order valence-electron chi connectivity index (χ0n) is 19.5. The molecule has 0 radical (unpaired) electrons. The van der Waals surface area contributed by atoms with Gasteiger partial charge in [0.25, 0.3) is 0 Å². The Hall–Kier alpha value is -0.960. The van der Waals surface area contributed by atoms with Crippen LogP contribution in [0.4, 0.5) is 0 Å². The summed E-state index contributed by atoms with van der Waals surface area (Å²) in [4.78, 5) is 0. The highest BCUT2D eigenvalue weighted by atomic mass is 32.9. The lowest BCUT2D eigenvalue weighted by atomic mass is 9.94. The normalized spacial score (nSPS) is 15.1. The van der Waals surface area contributed by atoms with Crippen molar-refractivity contribution in [3.8, 4) is 11.5 Å². The van der Waals surface area contributed by atoms with Crippen molar-refractivity contribution < 1.29 is 9.05 Å². The molecule has 2 aromatic carbocycles. The van der Waals surface area contributed by atoms with E-state index in [1.165, 1.54) is 49.7 Å². The molecule has 172 valence electrons. The summed E-state index contributed by atoms with van der Waals surface area (Å²) in [5.41, 5.74) is -0.432. The van der Waals surface area contributed by atoms with Crippen molar-refractivity contribution >= 4 is 29.7 Å². The molecule has 2 unspecified atom stereocenters. The first-order valence-corrected chi connectivity index (χ1v) is 15.6. The highest BCUT2D eigenvalue weighted by Crippen LogP contribution is 2.55. The van der Waals surface area contributed by atoms with Crippen LogP contribution in [0.15, 0.2) is 48.5 Å². The number of hydrogen-bond donors (Lipinski definition) is 1. The summed E-state index contributed by atoms with van der Waals surface area (Å²) in [6.07, 6.45) is 9.70. The molecule has 2 rings (SSSR count). The third kappa shape index (κ3) is 8.83. The molecule has 0 fully saturated rings. The number of benzene rings is 2. The van der Waals surface area contributed by atoms with Crippen LogP contribution in [0.1, 0.15) is 102 Å². The Morgan fingerprint density at radius 2 is 1.13 bits per heavy atom. The van der Waals surface area contributed by atoms with Crippen LogP contribution in [0.2, 0.25) is 0 Å². The van der Waals surface area contributed by atoms with Gasteiger partial charge in [0.1, 0.15) is 11.5 Å². The molecule has 0 amide bonds. The Balaban J connectivity index is 2.14. The number of unbranched alkanes of at least 4 members (excludes halogenated alkanes) is 4. The van der Waals surface area contributed by atoms with Crippen molar-refractivity contribution in [2.45, 2.75) is 90.9 Å². The Morgan fingerprint density at radius 3 is 1.52 bits per heavy atom. The summed E-state index contributed by atoms with van der Waals surface area (Å²) in [6, 6.07) is 16.4. The van der Waals surface area contributed by atoms with Crippen LogP contribution < -0.4 is 9.05 Å². The zero-order valence-corrected chi connectivity index (χ0v) is 22.2. The predicted molar refractivity (Wildman–Crippen MR) is 143 cm³/mol. The van der Waals surface area contributed by atoms with Gasteiger partial charge < -0.3 is 9.05 Å². The van der Waals surface area contributed by atoms with Crippen molar-refractivity contribution in [1.29, 1.82) is 0 Å². The van der Waals surface area contributed by atoms with Crippen LogP contribution in [0.3, 0.4) is 0 Å². The van der Waals surface area contributed by atoms with Crippen molar-refractivity contribution in [3.05, 3.63) is 59.7 Å². The average molecular weight is 479 g/mol. The number of thiol groups is 1. The Morgan fingerprint density at radius 1 is 0.742 bits per heavy atom. The fourth-order valence-corrected chi connectivity index (χ4v) is 5.80. The van der Waals surface area contributed by atoms with Crippen molar-refractivity contribution in [2.24, 2.45) is 0 Å². The second-order valence-electron chi connectivity index (χ2n) is 8.52. The molecule has 2 nitrogen and oxygen atoms in total. The Kier molecular flexibility index (Phi) is 11.5. The largest absolute Gasteiger partial charge is 0.428 e. The molecular formula is C26H39O2PS2. The van der Waals surface area contributed by atoms with Crippen LogP contribution in [-0.2, 0) is 11.8 Å². The molecule has 0 spiro atoms. The smallest absolute Gasteiger partial charge is 0.345 e. The molecular weight excluding hydrogens is 439 g/mol. The van der Waals surface area contributed by atoms with E-state index < -0.39 is 5.69 Å². The van der Waals surface area contributed by atoms with Crippen LogP contribution in [0.25, 0.3) is 0 Å². The average Bonchev–Trinajstić information content (AvgIpc) is 2.74. The second-order valence-corrected chi connectivity index (χ2v) is 13.7. The summed E-state index contributed by atoms with van der Waals surface area (Å²) in [6.45, 7) is 8.99. The lowest BCUT2D eigenvalue weighted by Crippen LogP contribution is -2.03. The second kappa shape index (κ2) is 13.6. The van der Waals surface area contributed by atoms with Crippen molar-refractivity contribution in [1.82, 2.24) is 0 Å². The van der Waals surface area contributed by atoms with Gasteiger partial charge in [0.05, 0.1) is 0 Å². The minimum atomic E-state index is -2.81. The van der Waals surface area contributed by atoms with Gasteiger partial charge >= 0.3 is 5.69 Å². The van der Waals surface area contributed by atoms with Gasteiger partial charge in [0.2, 0.25) is 0 Å². The van der Waals surface area contributed by atoms with E-state index in [0.29, 0.717) is 11.8 Å². The Bertz CT molecular complexity index is 774. The molecule has 2 aromatic rings. The molecule has 0 aliphatic heterocycles. The van der Waals surface area contributed by atoms with E-state index in [9.17, 15) is 0 Å². The van der Waals surface area contributed by atoms with E-state index in [4.69, 9.17) is 33.1 Å². The molecule has 5 heteroatoms. The zero-order chi connectivity index (χ0) is 22.7. The van der Waals surface area contributed by atoms with Gasteiger partial charge in [-0.15, -0.1) is 0 Å². The maximum atomic E-state index is 6.27. The minimum Gasteiger partial charge on any atom is -0.428 e. The minimum absolute atomic E-state index is 0.414. The fraction of sp³-hybridized carbons (Fsp3) is 0.538. The summed E-state index contributed by atoms with van der Waals surface area (Å²) >= 11 is 10.4. The van der Waals surface area contributed by atoms with Gasteiger partial charge in [0, 0.05) is 0 Å². The standard InChI is InChI=1S/C26H39O2PS2/c1-5-7-9-15-21(3)23-17-11-13-19-25(23)27-29(30,31)28-26-20-14-12-18-24(26)22(4)16-10-8-6-2/h11-14,17-22H,5-10,15-16H2,1-4H3,(H,30,31). The first-order valence-electron chi connectivity index (χ1n) is 11.8. The van der Waals surface area contributed by atoms with E-state index in [-0.39, 0.29) is 0 Å². The third-order valence-corrected chi connectivity index (χ3v) is 7.60. The van der Waals surface area contributed by atoms with E-state index in [1.54, 1.807) is 0 Å². The van der Waals surface area contributed by atoms with Gasteiger partial charge in [-0.1, -0.05) is 115 Å². The molecule has 0 N–H and O–H groups in total. The van der Waals surface area contributed by atoms with Gasteiger partial charge in [-0.05, 0) is 59.7 Å². The van der Waals surface area contributed by atoms with E-state index in [0.717, 1.165) is 24.3 Å². The van der Waals surface area contributed by atoms with E-state index in [2.05, 4.69) is 52.0 Å². The first-order chi connectivity index (χ1) is 14.9. The number of para-hydroxylation sites is 2. The van der Waals surface area contributed by atoms with Crippen LogP contribution in [0, 0.1) is 0 Å². The summed E-state index contributed by atoms with van der Waals surface area (Å²) < 4.78 is 12.5. The van der Waals surface area contributed by atoms with Gasteiger partial charge in [-0.3, -0.25) is 0 Å². The SMILES string of the molecule is CCCCCC(C)c1ccccc1OP(=S)(S)Oc1ccccc1C(C)CCCCC. The number of rotatable bonds is 14. The van der Waals surface area contributed by atoms with E-state index >= 15 is 0 Å². The van der Waals surface area contributed by atoms with Gasteiger partial charge in [-0.2, -0.15) is 0 Å². The topological polar surface area (TPSA) is 18.5 Å². The lowest BCUT2D eigenvalue weighted by molar-refractivity contribution is 0.486. The molecule has 0 aliphatic rings. The van der Waals surface area contributed by atoms with E-state index in [1.807, 2.05) is 24.3 Å². The molecule has 0 aliphatic carbocycles. The maximum absolute atomic E-state index is 6.27. The Labute approximate surface area is 200 Å². The predicted octanol–water partition coefficient (Wildman–Crippen LogP) is 9.67. The third-order valence-electron chi connectivity index (χ3n) is 5.81. The van der Waals surface area contributed by atoms with Crippen LogP contribution in [0.5, 0.6) is 11.5 Å². The monoisotopic (exact) mass is 478 g/mol. The fourth-order valence-electron chi connectivity index (χ4n) is 3.92. The van der Waals surface area contributed by atoms with Crippen LogP contribution >= 0.6 is 17.9 Å². The van der Waals surface area contributed by atoms with Crippen molar-refractivity contribution in [3.63, 3.8) is 0 Å². The highest BCUT2D eigenvalue weighted by Gasteiger charge is 2.23. The van der Waals surface area contributed by atoms with Crippen LogP contribution in [-0.4, -0.2) is 0 Å². The van der Waals surface area contributed by atoms with Gasteiger partial charge in [0.15, 0.2) is 0 Å². The van der Waals surface area contributed by atoms with Gasteiger partial charge in [-0.25, -0.2) is 0 Å². The van der Waals surface area contributed by atoms with Crippen molar-refractivity contribution in [2.75, 3.05) is 0 Å². The summed E-state index contributed by atoms with van der Waals surface area (Å²) in [5, 5.41) is 0. The summed E-state index contributed by atoms with van der Waals surface area (Å²) in [5.74, 6) is 2.44. The molecule has 0 heterocycles. The molecule has 0 saturated carbocycles. The highest BCUT2D eigenvalue weighted by molar-refractivity contribution is 8.60. The molecule has 0 aromatic heterocycles. The molecule has 0 bridgehead atoms. The lowest BCUT2D eigenvalue weighted by Gasteiger charge is -2.24. The summed E-state index contributed by atoms with van der Waals surface area (Å²) in [7, 11) is 0. The number of hydrogen-bond acceptors (Lipinski definition) is 3. The molecule has 31 heavy (non-hydrogen) atoms. The molecule has 2 atom stereocenters. The quantitative estimate of drug-likeness (QED) is 0.166. The molecule has 0 saturated heterocycles.